The van der Waals surface area contributed by atoms with Crippen LogP contribution in [-0.4, -0.2) is 39.2 Å². The Morgan fingerprint density at radius 1 is 1.11 bits per heavy atom. The predicted octanol–water partition coefficient (Wildman–Crippen LogP) is 8.48. The molecule has 0 spiro atoms. The summed E-state index contributed by atoms with van der Waals surface area (Å²) >= 11 is 1.53. The van der Waals surface area contributed by atoms with Gasteiger partial charge in [0.05, 0.1) is 36.1 Å². The van der Waals surface area contributed by atoms with Crippen LogP contribution in [0.5, 0.6) is 0 Å². The molecule has 9 heteroatoms. The summed E-state index contributed by atoms with van der Waals surface area (Å²) in [6.45, 7) is 17.0. The minimum Gasteiger partial charge on any atom is -0.376 e. The Morgan fingerprint density at radius 3 is 2.48 bits per heavy atom. The zero-order valence-electron chi connectivity index (χ0n) is 27.7. The van der Waals surface area contributed by atoms with Gasteiger partial charge in [-0.05, 0) is 96.4 Å². The van der Waals surface area contributed by atoms with Crippen molar-refractivity contribution in [1.82, 2.24) is 19.9 Å². The molecule has 3 atom stereocenters. The first-order valence-electron chi connectivity index (χ1n) is 15.9. The molecule has 4 rings (SSSR count). The molecule has 0 radical (unpaired) electrons. The number of hydrogen-bond donors (Lipinski definition) is 2. The molecular formula is C35H50N6O2S. The van der Waals surface area contributed by atoms with Gasteiger partial charge < -0.3 is 19.9 Å². The van der Waals surface area contributed by atoms with Crippen molar-refractivity contribution in [3.63, 3.8) is 0 Å². The molecule has 0 saturated heterocycles. The van der Waals surface area contributed by atoms with Crippen LogP contribution >= 0.6 is 11.3 Å². The first-order valence-corrected chi connectivity index (χ1v) is 16.7. The van der Waals surface area contributed by atoms with Gasteiger partial charge in [0, 0.05) is 29.2 Å². The lowest BCUT2D eigenvalue weighted by Gasteiger charge is -2.23. The Bertz CT molecular complexity index is 1410. The van der Waals surface area contributed by atoms with Crippen LogP contribution in [0.1, 0.15) is 103 Å². The molecule has 1 aliphatic carbocycles. The second-order valence-corrected chi connectivity index (χ2v) is 13.2. The molecule has 2 N–H and O–H groups in total. The molecule has 8 nitrogen and oxygen atoms in total. The summed E-state index contributed by atoms with van der Waals surface area (Å²) in [7, 11) is 0. The number of aryl methyl sites for hydroxylation is 1. The smallest absolute Gasteiger partial charge is 0.253 e. The highest BCUT2D eigenvalue weighted by molar-refractivity contribution is 7.14. The molecule has 3 aromatic heterocycles. The van der Waals surface area contributed by atoms with Crippen LogP contribution in [0.3, 0.4) is 0 Å². The van der Waals surface area contributed by atoms with E-state index in [1.807, 2.05) is 44.4 Å². The van der Waals surface area contributed by atoms with Gasteiger partial charge in [-0.1, -0.05) is 33.3 Å². The number of pyridine rings is 1. The predicted molar refractivity (Wildman–Crippen MR) is 181 cm³/mol. The van der Waals surface area contributed by atoms with Gasteiger partial charge in [-0.3, -0.25) is 9.78 Å². The SMILES string of the molecule is CCC(C)CC(C)OC(C)CC.Cc1cccc(-c2csc(NC(CNC(=O)c3ccn(C(C)(C)C#N)c3)=C3CCC3)n2)n1. The molecule has 3 heterocycles. The summed E-state index contributed by atoms with van der Waals surface area (Å²) in [6, 6.07) is 9.87. The zero-order valence-corrected chi connectivity index (χ0v) is 28.6. The number of ether oxygens (including phenoxy) is 1. The molecule has 1 fully saturated rings. The van der Waals surface area contributed by atoms with E-state index in [1.54, 1.807) is 23.0 Å². The minimum atomic E-state index is -0.701. The third kappa shape index (κ3) is 10.3. The molecule has 1 saturated carbocycles. The highest BCUT2D eigenvalue weighted by Gasteiger charge is 2.21. The fraction of sp³-hybridized carbons (Fsp3) is 0.543. The van der Waals surface area contributed by atoms with E-state index in [-0.39, 0.29) is 5.91 Å². The molecule has 0 aromatic carbocycles. The molecule has 0 aliphatic heterocycles. The molecule has 0 bridgehead atoms. The van der Waals surface area contributed by atoms with Crippen molar-refractivity contribution in [2.75, 3.05) is 11.9 Å². The van der Waals surface area contributed by atoms with Crippen LogP contribution in [0.2, 0.25) is 0 Å². The van der Waals surface area contributed by atoms with E-state index in [1.165, 1.54) is 29.8 Å². The Kier molecular flexibility index (Phi) is 13.2. The highest BCUT2D eigenvalue weighted by Crippen LogP contribution is 2.31. The van der Waals surface area contributed by atoms with Gasteiger partial charge in [-0.25, -0.2) is 4.98 Å². The second kappa shape index (κ2) is 16.6. The minimum absolute atomic E-state index is 0.166. The number of thiazole rings is 1. The number of rotatable bonds is 13. The number of nitriles is 1. The first-order chi connectivity index (χ1) is 20.9. The van der Waals surface area contributed by atoms with Gasteiger partial charge >= 0.3 is 0 Å². The Hall–Kier alpha value is -3.48. The van der Waals surface area contributed by atoms with Crippen molar-refractivity contribution < 1.29 is 9.53 Å². The summed E-state index contributed by atoms with van der Waals surface area (Å²) in [5.41, 5.74) is 4.80. The Balaban J connectivity index is 0.000000375. The number of nitrogens with one attached hydrogen (secondary N) is 2. The summed E-state index contributed by atoms with van der Waals surface area (Å²) in [5.74, 6) is 0.629. The van der Waals surface area contributed by atoms with Gasteiger partial charge in [-0.15, -0.1) is 11.3 Å². The second-order valence-electron chi connectivity index (χ2n) is 12.3. The van der Waals surface area contributed by atoms with Gasteiger partial charge in [-0.2, -0.15) is 5.26 Å². The number of allylic oxidation sites excluding steroid dienone is 1. The normalized spacial score (nSPS) is 14.8. The first kappa shape index (κ1) is 35.0. The number of nitrogens with zero attached hydrogens (tertiary/aromatic N) is 4. The summed E-state index contributed by atoms with van der Waals surface area (Å²) in [5, 5.41) is 18.5. The monoisotopic (exact) mass is 618 g/mol. The molecule has 44 heavy (non-hydrogen) atoms. The van der Waals surface area contributed by atoms with Crippen LogP contribution in [0.15, 0.2) is 53.3 Å². The van der Waals surface area contributed by atoms with E-state index in [9.17, 15) is 10.1 Å². The van der Waals surface area contributed by atoms with Crippen LogP contribution in [-0.2, 0) is 10.3 Å². The fourth-order valence-corrected chi connectivity index (χ4v) is 5.40. The van der Waals surface area contributed by atoms with Crippen molar-refractivity contribution in [3.05, 3.63) is 64.6 Å². The Labute approximate surface area is 268 Å². The maximum absolute atomic E-state index is 12.7. The van der Waals surface area contributed by atoms with Crippen molar-refractivity contribution in [2.45, 2.75) is 112 Å². The third-order valence-corrected chi connectivity index (χ3v) is 8.82. The lowest BCUT2D eigenvalue weighted by atomic mass is 9.90. The molecule has 3 aromatic rings. The number of amides is 1. The molecule has 3 unspecified atom stereocenters. The maximum Gasteiger partial charge on any atom is 0.253 e. The van der Waals surface area contributed by atoms with Crippen molar-refractivity contribution in [1.29, 1.82) is 5.26 Å². The lowest BCUT2D eigenvalue weighted by molar-refractivity contribution is -0.00472. The van der Waals surface area contributed by atoms with E-state index in [4.69, 9.17) is 9.72 Å². The quantitative estimate of drug-likeness (QED) is 0.199. The molecule has 238 valence electrons. The average molecular weight is 619 g/mol. The number of aromatic nitrogens is 3. The van der Waals surface area contributed by atoms with E-state index in [2.05, 4.69) is 56.3 Å². The average Bonchev–Trinajstić information content (AvgIpc) is 3.66. The number of anilines is 1. The van der Waals surface area contributed by atoms with Crippen LogP contribution in [0, 0.1) is 24.2 Å². The summed E-state index contributed by atoms with van der Waals surface area (Å²) in [6.07, 6.45) is 11.1. The number of carbonyl (C=O) groups is 1. The van der Waals surface area contributed by atoms with Crippen LogP contribution < -0.4 is 10.6 Å². The van der Waals surface area contributed by atoms with E-state index in [0.29, 0.717) is 24.3 Å². The van der Waals surface area contributed by atoms with Gasteiger partial charge in [0.2, 0.25) is 0 Å². The van der Waals surface area contributed by atoms with E-state index >= 15 is 0 Å². The third-order valence-electron chi connectivity index (χ3n) is 8.07. The highest BCUT2D eigenvalue weighted by atomic mass is 32.1. The summed E-state index contributed by atoms with van der Waals surface area (Å²) < 4.78 is 7.52. The molecule has 1 amide bonds. The van der Waals surface area contributed by atoms with Crippen LogP contribution in [0.4, 0.5) is 5.13 Å². The standard InChI is InChI=1S/C24H26N6OS.C11H24O/c1-16-6-4-9-19(27-16)21-14-32-23(29-21)28-20(17-7-5-8-17)12-26-22(31)18-10-11-30(13-18)24(2,3)15-25;1-6-9(3)8-11(5)12-10(4)7-2/h4,6,9-11,13-14H,5,7-8,12H2,1-3H3,(H,26,31)(H,28,29);9-11H,6-8H2,1-5H3. The van der Waals surface area contributed by atoms with Gasteiger partial charge in [0.15, 0.2) is 5.13 Å². The van der Waals surface area contributed by atoms with Crippen LogP contribution in [0.25, 0.3) is 11.4 Å². The van der Waals surface area contributed by atoms with Crippen molar-refractivity contribution in [3.8, 4) is 17.5 Å². The lowest BCUT2D eigenvalue weighted by Crippen LogP contribution is -2.29. The van der Waals surface area contributed by atoms with E-state index in [0.717, 1.165) is 59.5 Å². The van der Waals surface area contributed by atoms with Gasteiger partial charge in [0.25, 0.3) is 5.91 Å². The molecule has 1 aliphatic rings. The van der Waals surface area contributed by atoms with Gasteiger partial charge in [0.1, 0.15) is 11.2 Å². The fourth-order valence-electron chi connectivity index (χ4n) is 4.67. The number of hydrogen-bond acceptors (Lipinski definition) is 7. The largest absolute Gasteiger partial charge is 0.376 e. The number of carbonyl (C=O) groups excluding carboxylic acids is 1. The summed E-state index contributed by atoms with van der Waals surface area (Å²) in [4.78, 5) is 21.9. The zero-order chi connectivity index (χ0) is 32.3. The van der Waals surface area contributed by atoms with Crippen molar-refractivity contribution in [2.24, 2.45) is 5.92 Å². The van der Waals surface area contributed by atoms with Crippen molar-refractivity contribution >= 4 is 22.4 Å². The Morgan fingerprint density at radius 2 is 1.86 bits per heavy atom. The van der Waals surface area contributed by atoms with E-state index < -0.39 is 5.54 Å². The maximum atomic E-state index is 12.7. The topological polar surface area (TPSA) is 105 Å². The molecular weight excluding hydrogens is 568 g/mol.